The molecular weight excluding hydrogens is 209 g/mol. The van der Waals surface area contributed by atoms with Crippen molar-refractivity contribution in [2.45, 2.75) is 6.42 Å². The van der Waals surface area contributed by atoms with Crippen molar-refractivity contribution in [2.24, 2.45) is 0 Å². The molecule has 0 saturated heterocycles. The third-order valence-corrected chi connectivity index (χ3v) is 2.88. The maximum Gasteiger partial charge on any atom is 0.125 e. The fourth-order valence-corrected chi connectivity index (χ4v) is 2.09. The van der Waals surface area contributed by atoms with Crippen LogP contribution in [0.15, 0.2) is 41.1 Å². The molecule has 2 aromatic rings. The zero-order valence-electron chi connectivity index (χ0n) is 8.24. The predicted molar refractivity (Wildman–Crippen MR) is 62.9 cm³/mol. The number of benzene rings is 1. The Kier molecular flexibility index (Phi) is 3.35. The molecule has 1 N–H and O–H groups in total. The van der Waals surface area contributed by atoms with Crippen LogP contribution >= 0.6 is 11.3 Å². The van der Waals surface area contributed by atoms with E-state index in [1.54, 1.807) is 17.4 Å². The van der Waals surface area contributed by atoms with Gasteiger partial charge in [0.15, 0.2) is 0 Å². The molecule has 0 bridgehead atoms. The van der Waals surface area contributed by atoms with Crippen LogP contribution in [0.3, 0.4) is 0 Å². The van der Waals surface area contributed by atoms with E-state index in [1.165, 1.54) is 17.7 Å². The van der Waals surface area contributed by atoms with Gasteiger partial charge >= 0.3 is 0 Å². The first-order valence-corrected chi connectivity index (χ1v) is 5.79. The summed E-state index contributed by atoms with van der Waals surface area (Å²) in [7, 11) is 0. The molecule has 0 radical (unpaired) electrons. The Morgan fingerprint density at radius 1 is 1.27 bits per heavy atom. The van der Waals surface area contributed by atoms with Gasteiger partial charge in [-0.15, -0.1) is 0 Å². The van der Waals surface area contributed by atoms with E-state index >= 15 is 0 Å². The molecule has 1 aromatic carbocycles. The lowest BCUT2D eigenvalue weighted by atomic mass is 10.2. The number of thiophene rings is 1. The Hall–Kier alpha value is -1.35. The lowest BCUT2D eigenvalue weighted by Gasteiger charge is -2.04. The first-order chi connectivity index (χ1) is 7.34. The predicted octanol–water partition coefficient (Wildman–Crippen LogP) is 3.54. The van der Waals surface area contributed by atoms with Gasteiger partial charge in [-0.1, -0.05) is 6.07 Å². The Bertz CT molecular complexity index is 411. The zero-order valence-corrected chi connectivity index (χ0v) is 9.06. The largest absolute Gasteiger partial charge is 0.385 e. The fourth-order valence-electron chi connectivity index (χ4n) is 1.38. The standard InChI is InChI=1S/C12H12FNS/c13-11-2-1-3-12(8-11)14-6-4-10-5-7-15-9-10/h1-3,5,7-9,14H,4,6H2. The van der Waals surface area contributed by atoms with Crippen molar-refractivity contribution in [2.75, 3.05) is 11.9 Å². The Morgan fingerprint density at radius 2 is 2.20 bits per heavy atom. The third kappa shape index (κ3) is 3.06. The summed E-state index contributed by atoms with van der Waals surface area (Å²) < 4.78 is 12.8. The second-order valence-corrected chi connectivity index (χ2v) is 4.10. The highest BCUT2D eigenvalue weighted by molar-refractivity contribution is 7.07. The van der Waals surface area contributed by atoms with Crippen LogP contribution in [0.5, 0.6) is 0 Å². The molecule has 0 unspecified atom stereocenters. The van der Waals surface area contributed by atoms with E-state index in [0.29, 0.717) is 0 Å². The van der Waals surface area contributed by atoms with E-state index in [4.69, 9.17) is 0 Å². The maximum atomic E-state index is 12.8. The average Bonchev–Trinajstić information content (AvgIpc) is 2.71. The van der Waals surface area contributed by atoms with Crippen molar-refractivity contribution < 1.29 is 4.39 Å². The van der Waals surface area contributed by atoms with Crippen molar-refractivity contribution in [1.82, 2.24) is 0 Å². The van der Waals surface area contributed by atoms with Gasteiger partial charge in [0.1, 0.15) is 5.82 Å². The van der Waals surface area contributed by atoms with Crippen LogP contribution in [-0.4, -0.2) is 6.54 Å². The maximum absolute atomic E-state index is 12.8. The van der Waals surface area contributed by atoms with Crippen LogP contribution in [0.25, 0.3) is 0 Å². The van der Waals surface area contributed by atoms with Gasteiger partial charge < -0.3 is 5.32 Å². The summed E-state index contributed by atoms with van der Waals surface area (Å²) in [5.74, 6) is -0.199. The van der Waals surface area contributed by atoms with Gasteiger partial charge in [-0.25, -0.2) is 4.39 Å². The Morgan fingerprint density at radius 3 is 2.93 bits per heavy atom. The summed E-state index contributed by atoms with van der Waals surface area (Å²) in [6.45, 7) is 0.834. The van der Waals surface area contributed by atoms with E-state index in [9.17, 15) is 4.39 Å². The van der Waals surface area contributed by atoms with Crippen LogP contribution in [0.1, 0.15) is 5.56 Å². The van der Waals surface area contributed by atoms with Gasteiger partial charge in [0.25, 0.3) is 0 Å². The number of rotatable bonds is 4. The average molecular weight is 221 g/mol. The normalized spacial score (nSPS) is 10.2. The van der Waals surface area contributed by atoms with Crippen molar-refractivity contribution >= 4 is 17.0 Å². The molecule has 0 amide bonds. The molecule has 0 fully saturated rings. The van der Waals surface area contributed by atoms with Crippen LogP contribution in [0, 0.1) is 5.82 Å². The van der Waals surface area contributed by atoms with E-state index in [1.807, 2.05) is 6.07 Å². The molecule has 0 saturated carbocycles. The third-order valence-electron chi connectivity index (χ3n) is 2.15. The highest BCUT2D eigenvalue weighted by Crippen LogP contribution is 2.10. The Labute approximate surface area is 92.6 Å². The summed E-state index contributed by atoms with van der Waals surface area (Å²) in [5, 5.41) is 7.39. The molecule has 3 heteroatoms. The molecule has 0 atom stereocenters. The number of hydrogen-bond acceptors (Lipinski definition) is 2. The molecule has 0 aliphatic heterocycles. The van der Waals surface area contributed by atoms with Crippen molar-refractivity contribution in [1.29, 1.82) is 0 Å². The first-order valence-electron chi connectivity index (χ1n) is 4.85. The van der Waals surface area contributed by atoms with Gasteiger partial charge in [-0.3, -0.25) is 0 Å². The van der Waals surface area contributed by atoms with Crippen LogP contribution in [0.2, 0.25) is 0 Å². The monoisotopic (exact) mass is 221 g/mol. The minimum absolute atomic E-state index is 0.199. The number of halogens is 1. The first kappa shape index (κ1) is 10.2. The van der Waals surface area contributed by atoms with Gasteiger partial charge in [0, 0.05) is 12.2 Å². The number of nitrogens with one attached hydrogen (secondary N) is 1. The second-order valence-electron chi connectivity index (χ2n) is 3.32. The molecule has 78 valence electrons. The van der Waals surface area contributed by atoms with Crippen molar-refractivity contribution in [3.05, 3.63) is 52.5 Å². The van der Waals surface area contributed by atoms with E-state index in [-0.39, 0.29) is 5.82 Å². The van der Waals surface area contributed by atoms with Crippen LogP contribution in [-0.2, 0) is 6.42 Å². The van der Waals surface area contributed by atoms with Crippen LogP contribution < -0.4 is 5.32 Å². The van der Waals surface area contributed by atoms with Gasteiger partial charge in [-0.2, -0.15) is 11.3 Å². The highest BCUT2D eigenvalue weighted by atomic mass is 32.1. The summed E-state index contributed by atoms with van der Waals surface area (Å²) in [6.07, 6.45) is 0.972. The van der Waals surface area contributed by atoms with Crippen molar-refractivity contribution in [3.8, 4) is 0 Å². The second kappa shape index (κ2) is 4.94. The molecule has 15 heavy (non-hydrogen) atoms. The van der Waals surface area contributed by atoms with Crippen LogP contribution in [0.4, 0.5) is 10.1 Å². The zero-order chi connectivity index (χ0) is 10.5. The molecule has 2 rings (SSSR count). The quantitative estimate of drug-likeness (QED) is 0.832. The molecule has 1 nitrogen and oxygen atoms in total. The van der Waals surface area contributed by atoms with Gasteiger partial charge in [0.05, 0.1) is 0 Å². The molecule has 0 spiro atoms. The SMILES string of the molecule is Fc1cccc(NCCc2ccsc2)c1. The van der Waals surface area contributed by atoms with E-state index < -0.39 is 0 Å². The van der Waals surface area contributed by atoms with E-state index in [2.05, 4.69) is 22.1 Å². The highest BCUT2D eigenvalue weighted by Gasteiger charge is 1.95. The van der Waals surface area contributed by atoms with Gasteiger partial charge in [0.2, 0.25) is 0 Å². The smallest absolute Gasteiger partial charge is 0.125 e. The topological polar surface area (TPSA) is 12.0 Å². The summed E-state index contributed by atoms with van der Waals surface area (Å²) >= 11 is 1.70. The van der Waals surface area contributed by atoms with Crippen molar-refractivity contribution in [3.63, 3.8) is 0 Å². The Balaban J connectivity index is 1.83. The molecule has 0 aliphatic carbocycles. The molecular formula is C12H12FNS. The summed E-state index contributed by atoms with van der Waals surface area (Å²) in [6, 6.07) is 8.65. The summed E-state index contributed by atoms with van der Waals surface area (Å²) in [4.78, 5) is 0. The number of anilines is 1. The number of hydrogen-bond donors (Lipinski definition) is 1. The molecule has 0 aliphatic rings. The lowest BCUT2D eigenvalue weighted by Crippen LogP contribution is -2.04. The summed E-state index contributed by atoms with van der Waals surface area (Å²) in [5.41, 5.74) is 2.16. The van der Waals surface area contributed by atoms with E-state index in [0.717, 1.165) is 18.7 Å². The minimum Gasteiger partial charge on any atom is -0.385 e. The lowest BCUT2D eigenvalue weighted by molar-refractivity contribution is 0.628. The van der Waals surface area contributed by atoms with Gasteiger partial charge in [-0.05, 0) is 47.0 Å². The molecule has 1 aromatic heterocycles. The minimum atomic E-state index is -0.199. The fraction of sp³-hybridized carbons (Fsp3) is 0.167. The molecule has 1 heterocycles.